The van der Waals surface area contributed by atoms with Gasteiger partial charge in [-0.05, 0) is 42.6 Å². The van der Waals surface area contributed by atoms with Crippen molar-refractivity contribution < 1.29 is 9.47 Å². The molecule has 0 spiro atoms. The lowest BCUT2D eigenvalue weighted by Crippen LogP contribution is -2.17. The van der Waals surface area contributed by atoms with Gasteiger partial charge in [0.2, 0.25) is 0 Å². The Morgan fingerprint density at radius 3 is 2.33 bits per heavy atom. The van der Waals surface area contributed by atoms with Crippen molar-refractivity contribution in [1.29, 1.82) is 0 Å². The summed E-state index contributed by atoms with van der Waals surface area (Å²) >= 11 is 11.7. The van der Waals surface area contributed by atoms with Crippen LogP contribution in [0.1, 0.15) is 22.0 Å². The smallest absolute Gasteiger partial charge is 0.161 e. The molecule has 0 amide bonds. The Hall–Kier alpha value is -0.750. The average molecular weight is 391 g/mol. The normalized spacial score (nSPS) is 12.3. The monoisotopic (exact) mass is 389 g/mol. The second-order valence-electron chi connectivity index (χ2n) is 4.55. The number of benzene rings is 1. The molecule has 21 heavy (non-hydrogen) atoms. The van der Waals surface area contributed by atoms with Crippen molar-refractivity contribution >= 4 is 38.9 Å². The van der Waals surface area contributed by atoms with Crippen LogP contribution in [0.15, 0.2) is 22.0 Å². The molecule has 1 aromatic carbocycles. The van der Waals surface area contributed by atoms with Crippen molar-refractivity contribution in [2.45, 2.75) is 13.0 Å². The largest absolute Gasteiger partial charge is 0.493 e. The van der Waals surface area contributed by atoms with Gasteiger partial charge in [0.25, 0.3) is 0 Å². The second-order valence-corrected chi connectivity index (χ2v) is 6.69. The predicted octanol–water partition coefficient (Wildman–Crippen LogP) is 4.80. The number of halogens is 2. The van der Waals surface area contributed by atoms with E-state index in [4.69, 9.17) is 21.1 Å². The molecule has 1 unspecified atom stereocenters. The predicted molar refractivity (Wildman–Crippen MR) is 92.2 cm³/mol. The number of hydrogen-bond donors (Lipinski definition) is 1. The first-order valence-electron chi connectivity index (χ1n) is 6.35. The number of ether oxygens (including phenoxy) is 2. The summed E-state index contributed by atoms with van der Waals surface area (Å²) in [7, 11) is 5.17. The molecule has 6 heteroatoms. The van der Waals surface area contributed by atoms with Gasteiger partial charge in [0.05, 0.1) is 25.3 Å². The molecule has 0 bridgehead atoms. The van der Waals surface area contributed by atoms with Gasteiger partial charge in [-0.25, -0.2) is 0 Å². The number of aryl methyl sites for hydroxylation is 1. The zero-order valence-electron chi connectivity index (χ0n) is 12.3. The maximum Gasteiger partial charge on any atom is 0.161 e. The number of nitrogens with one attached hydrogen (secondary N) is 1. The third-order valence-electron chi connectivity index (χ3n) is 3.29. The van der Waals surface area contributed by atoms with E-state index in [0.717, 1.165) is 25.5 Å². The fraction of sp³-hybridized carbons (Fsp3) is 0.333. The van der Waals surface area contributed by atoms with E-state index in [1.54, 1.807) is 25.6 Å². The molecule has 0 aliphatic heterocycles. The van der Waals surface area contributed by atoms with Crippen molar-refractivity contribution in [2.24, 2.45) is 0 Å². The summed E-state index contributed by atoms with van der Waals surface area (Å²) in [5, 5.41) is 6.19. The van der Waals surface area contributed by atoms with Crippen molar-refractivity contribution in [3.63, 3.8) is 0 Å². The lowest BCUT2D eigenvalue weighted by Gasteiger charge is -2.20. The van der Waals surface area contributed by atoms with Crippen LogP contribution in [0.3, 0.4) is 0 Å². The fourth-order valence-corrected chi connectivity index (χ4v) is 4.14. The number of rotatable bonds is 5. The summed E-state index contributed by atoms with van der Waals surface area (Å²) in [6.07, 6.45) is 0. The van der Waals surface area contributed by atoms with E-state index in [-0.39, 0.29) is 6.04 Å². The van der Waals surface area contributed by atoms with Gasteiger partial charge in [-0.2, -0.15) is 0 Å². The molecular weight excluding hydrogens is 374 g/mol. The first-order valence-corrected chi connectivity index (χ1v) is 8.40. The lowest BCUT2D eigenvalue weighted by atomic mass is 10.0. The van der Waals surface area contributed by atoms with Crippen LogP contribution in [0.25, 0.3) is 0 Å². The molecule has 0 aliphatic rings. The SMILES string of the molecule is CNC(c1cc(OC)c(OC)cc1Br)c1scc(C)c1Cl. The third kappa shape index (κ3) is 3.21. The van der Waals surface area contributed by atoms with Gasteiger partial charge in [-0.15, -0.1) is 11.3 Å². The summed E-state index contributed by atoms with van der Waals surface area (Å²) in [6, 6.07) is 3.87. The molecular formula is C15H17BrClNO2S. The molecule has 3 nitrogen and oxygen atoms in total. The Morgan fingerprint density at radius 1 is 1.24 bits per heavy atom. The molecule has 0 radical (unpaired) electrons. The first kappa shape index (κ1) is 16.6. The quantitative estimate of drug-likeness (QED) is 0.795. The highest BCUT2D eigenvalue weighted by Crippen LogP contribution is 2.41. The third-order valence-corrected chi connectivity index (χ3v) is 5.76. The Labute approximate surface area is 142 Å². The minimum Gasteiger partial charge on any atom is -0.493 e. The molecule has 114 valence electrons. The molecule has 0 aliphatic carbocycles. The summed E-state index contributed by atoms with van der Waals surface area (Å²) in [4.78, 5) is 1.09. The Morgan fingerprint density at radius 2 is 1.86 bits per heavy atom. The summed E-state index contributed by atoms with van der Waals surface area (Å²) in [5.74, 6) is 1.39. The van der Waals surface area contributed by atoms with E-state index >= 15 is 0 Å². The highest BCUT2D eigenvalue weighted by atomic mass is 79.9. The highest BCUT2D eigenvalue weighted by molar-refractivity contribution is 9.10. The minimum atomic E-state index is -0.00891. The molecule has 1 aromatic heterocycles. The van der Waals surface area contributed by atoms with Crippen LogP contribution in [-0.2, 0) is 0 Å². The molecule has 0 saturated carbocycles. The number of methoxy groups -OCH3 is 2. The summed E-state index contributed by atoms with van der Waals surface area (Å²) in [6.45, 7) is 2.01. The van der Waals surface area contributed by atoms with E-state index in [9.17, 15) is 0 Å². The van der Waals surface area contributed by atoms with Crippen molar-refractivity contribution in [3.05, 3.63) is 43.0 Å². The van der Waals surface area contributed by atoms with Gasteiger partial charge < -0.3 is 14.8 Å². The Balaban J connectivity index is 2.55. The minimum absolute atomic E-state index is 0.00891. The first-order chi connectivity index (χ1) is 10.0. The second kappa shape index (κ2) is 7.01. The zero-order chi connectivity index (χ0) is 15.6. The van der Waals surface area contributed by atoms with Gasteiger partial charge >= 0.3 is 0 Å². The van der Waals surface area contributed by atoms with Crippen LogP contribution < -0.4 is 14.8 Å². The van der Waals surface area contributed by atoms with Gasteiger partial charge in [-0.1, -0.05) is 27.5 Å². The maximum atomic E-state index is 6.42. The van der Waals surface area contributed by atoms with Gasteiger partial charge in [0, 0.05) is 9.35 Å². The lowest BCUT2D eigenvalue weighted by molar-refractivity contribution is 0.354. The van der Waals surface area contributed by atoms with Crippen LogP contribution in [-0.4, -0.2) is 21.3 Å². The van der Waals surface area contributed by atoms with Crippen LogP contribution in [0.5, 0.6) is 11.5 Å². The van der Waals surface area contributed by atoms with Gasteiger partial charge in [0.15, 0.2) is 11.5 Å². The van der Waals surface area contributed by atoms with E-state index in [1.807, 2.05) is 26.1 Å². The molecule has 0 saturated heterocycles. The summed E-state index contributed by atoms with van der Waals surface area (Å²) < 4.78 is 11.7. The topological polar surface area (TPSA) is 30.5 Å². The molecule has 0 fully saturated rings. The van der Waals surface area contributed by atoms with Crippen LogP contribution in [0, 0.1) is 6.92 Å². The van der Waals surface area contributed by atoms with Crippen LogP contribution in [0.4, 0.5) is 0 Å². The number of hydrogen-bond acceptors (Lipinski definition) is 4. The van der Waals surface area contributed by atoms with E-state index < -0.39 is 0 Å². The molecule has 1 atom stereocenters. The van der Waals surface area contributed by atoms with Crippen LogP contribution in [0.2, 0.25) is 5.02 Å². The standard InChI is InChI=1S/C15H17BrClNO2S/c1-8-7-21-15(13(8)17)14(18-2)9-5-11(19-3)12(20-4)6-10(9)16/h5-7,14,18H,1-4H3. The molecule has 2 rings (SSSR count). The van der Waals surface area contributed by atoms with Crippen LogP contribution >= 0.6 is 38.9 Å². The van der Waals surface area contributed by atoms with E-state index in [0.29, 0.717) is 11.5 Å². The van der Waals surface area contributed by atoms with Crippen molar-refractivity contribution in [2.75, 3.05) is 21.3 Å². The van der Waals surface area contributed by atoms with Crippen molar-refractivity contribution in [1.82, 2.24) is 5.32 Å². The number of thiophene rings is 1. The van der Waals surface area contributed by atoms with Crippen molar-refractivity contribution in [3.8, 4) is 11.5 Å². The summed E-state index contributed by atoms with van der Waals surface area (Å²) in [5.41, 5.74) is 2.15. The van der Waals surface area contributed by atoms with E-state index in [2.05, 4.69) is 26.6 Å². The fourth-order valence-electron chi connectivity index (χ4n) is 2.16. The van der Waals surface area contributed by atoms with Gasteiger partial charge in [-0.3, -0.25) is 0 Å². The average Bonchev–Trinajstić information content (AvgIpc) is 2.81. The van der Waals surface area contributed by atoms with Gasteiger partial charge in [0.1, 0.15) is 0 Å². The Bertz CT molecular complexity index is 645. The highest BCUT2D eigenvalue weighted by Gasteiger charge is 2.22. The zero-order valence-corrected chi connectivity index (χ0v) is 15.4. The maximum absolute atomic E-state index is 6.42. The van der Waals surface area contributed by atoms with E-state index in [1.165, 1.54) is 0 Å². The Kier molecular flexibility index (Phi) is 5.54. The molecule has 1 heterocycles. The molecule has 2 aromatic rings. The molecule has 1 N–H and O–H groups in total.